The van der Waals surface area contributed by atoms with Crippen LogP contribution in [0.4, 0.5) is 10.8 Å². The van der Waals surface area contributed by atoms with E-state index in [9.17, 15) is 14.9 Å². The van der Waals surface area contributed by atoms with Crippen molar-refractivity contribution < 1.29 is 9.72 Å². The first-order chi connectivity index (χ1) is 9.95. The van der Waals surface area contributed by atoms with E-state index >= 15 is 0 Å². The number of hydrogen-bond donors (Lipinski definition) is 2. The molecule has 7 nitrogen and oxygen atoms in total. The van der Waals surface area contributed by atoms with Crippen molar-refractivity contribution in [1.82, 2.24) is 10.3 Å². The number of nitrogens with two attached hydrogens (primary N) is 1. The molecule has 21 heavy (non-hydrogen) atoms. The van der Waals surface area contributed by atoms with Crippen molar-refractivity contribution in [3.63, 3.8) is 0 Å². The minimum absolute atomic E-state index is 0.000809. The second-order valence-corrected chi connectivity index (χ2v) is 5.38. The standard InChI is InChI=1S/C13H14N4O3S/c1-8(9-3-2-4-11(5-9)17(19)20)15-12(18)6-10-7-21-13(14)16-10/h2-5,7-8H,6H2,1H3,(H2,14,16)(H,15,18). The van der Waals surface area contributed by atoms with Crippen molar-refractivity contribution in [3.05, 3.63) is 51.0 Å². The quantitative estimate of drug-likeness (QED) is 0.648. The lowest BCUT2D eigenvalue weighted by atomic mass is 10.1. The van der Waals surface area contributed by atoms with Gasteiger partial charge in [0.05, 0.1) is 23.1 Å². The Morgan fingerprint density at radius 2 is 2.33 bits per heavy atom. The molecule has 0 aliphatic heterocycles. The number of nitro groups is 1. The number of nitrogens with one attached hydrogen (secondary N) is 1. The van der Waals surface area contributed by atoms with Crippen molar-refractivity contribution >= 4 is 28.1 Å². The third-order valence-electron chi connectivity index (χ3n) is 2.87. The van der Waals surface area contributed by atoms with E-state index < -0.39 is 4.92 Å². The Morgan fingerprint density at radius 1 is 1.57 bits per heavy atom. The van der Waals surface area contributed by atoms with Gasteiger partial charge < -0.3 is 11.1 Å². The van der Waals surface area contributed by atoms with Crippen LogP contribution in [0.3, 0.4) is 0 Å². The lowest BCUT2D eigenvalue weighted by molar-refractivity contribution is -0.384. The summed E-state index contributed by atoms with van der Waals surface area (Å²) in [7, 11) is 0. The highest BCUT2D eigenvalue weighted by atomic mass is 32.1. The van der Waals surface area contributed by atoms with E-state index in [2.05, 4.69) is 10.3 Å². The van der Waals surface area contributed by atoms with Crippen molar-refractivity contribution in [2.45, 2.75) is 19.4 Å². The van der Waals surface area contributed by atoms with Gasteiger partial charge >= 0.3 is 0 Å². The Kier molecular flexibility index (Phi) is 4.49. The molecule has 1 amide bonds. The molecule has 0 aliphatic rings. The maximum Gasteiger partial charge on any atom is 0.269 e. The van der Waals surface area contributed by atoms with Crippen LogP contribution in [0.1, 0.15) is 24.2 Å². The molecule has 1 aromatic heterocycles. The SMILES string of the molecule is CC(NC(=O)Cc1csc(N)n1)c1cccc([N+](=O)[O-])c1. The van der Waals surface area contributed by atoms with Crippen LogP contribution in [-0.2, 0) is 11.2 Å². The largest absolute Gasteiger partial charge is 0.375 e. The molecule has 1 atom stereocenters. The molecule has 1 aromatic carbocycles. The first kappa shape index (κ1) is 14.9. The van der Waals surface area contributed by atoms with Gasteiger partial charge in [-0.1, -0.05) is 12.1 Å². The number of benzene rings is 1. The predicted octanol–water partition coefficient (Wildman–Crippen LogP) is 2.05. The van der Waals surface area contributed by atoms with Gasteiger partial charge in [0.15, 0.2) is 5.13 Å². The van der Waals surface area contributed by atoms with Crippen LogP contribution in [0.5, 0.6) is 0 Å². The number of aromatic nitrogens is 1. The highest BCUT2D eigenvalue weighted by Crippen LogP contribution is 2.19. The number of carbonyl (C=O) groups excluding carboxylic acids is 1. The summed E-state index contributed by atoms with van der Waals surface area (Å²) in [6.07, 6.45) is 0.132. The van der Waals surface area contributed by atoms with Gasteiger partial charge in [0.1, 0.15) is 0 Å². The summed E-state index contributed by atoms with van der Waals surface area (Å²) < 4.78 is 0. The maximum absolute atomic E-state index is 11.9. The van der Waals surface area contributed by atoms with Crippen molar-refractivity contribution in [2.75, 3.05) is 5.73 Å². The van der Waals surface area contributed by atoms with E-state index in [-0.39, 0.29) is 24.1 Å². The fourth-order valence-electron chi connectivity index (χ4n) is 1.85. The summed E-state index contributed by atoms with van der Waals surface area (Å²) in [5.41, 5.74) is 6.79. The Bertz CT molecular complexity index is 671. The van der Waals surface area contributed by atoms with E-state index in [4.69, 9.17) is 5.73 Å². The number of nitrogen functional groups attached to an aromatic ring is 1. The van der Waals surface area contributed by atoms with Crippen LogP contribution in [0, 0.1) is 10.1 Å². The van der Waals surface area contributed by atoms with Gasteiger partial charge in [0.2, 0.25) is 5.91 Å². The molecule has 1 unspecified atom stereocenters. The predicted molar refractivity (Wildman–Crippen MR) is 79.9 cm³/mol. The average molecular weight is 306 g/mol. The molecule has 0 saturated carbocycles. The number of amides is 1. The van der Waals surface area contributed by atoms with Gasteiger partial charge in [-0.2, -0.15) is 0 Å². The second-order valence-electron chi connectivity index (χ2n) is 4.50. The molecule has 0 spiro atoms. The number of carbonyl (C=O) groups is 1. The number of anilines is 1. The first-order valence-electron chi connectivity index (χ1n) is 6.19. The molecule has 0 bridgehead atoms. The lowest BCUT2D eigenvalue weighted by Crippen LogP contribution is -2.28. The molecule has 0 fully saturated rings. The van der Waals surface area contributed by atoms with Crippen molar-refractivity contribution in [3.8, 4) is 0 Å². The van der Waals surface area contributed by atoms with Crippen LogP contribution in [0.15, 0.2) is 29.6 Å². The molecule has 2 aromatic rings. The number of rotatable bonds is 5. The van der Waals surface area contributed by atoms with Gasteiger partial charge in [-0.25, -0.2) is 4.98 Å². The van der Waals surface area contributed by atoms with E-state index in [1.807, 2.05) is 0 Å². The summed E-state index contributed by atoms with van der Waals surface area (Å²) in [4.78, 5) is 26.2. The smallest absolute Gasteiger partial charge is 0.269 e. The van der Waals surface area contributed by atoms with Crippen LogP contribution < -0.4 is 11.1 Å². The van der Waals surface area contributed by atoms with Gasteiger partial charge in [0.25, 0.3) is 5.69 Å². The Hall–Kier alpha value is -2.48. The molecule has 0 saturated heterocycles. The van der Waals surface area contributed by atoms with Crippen molar-refractivity contribution in [1.29, 1.82) is 0 Å². The first-order valence-corrected chi connectivity index (χ1v) is 7.07. The molecule has 0 radical (unpaired) electrons. The minimum Gasteiger partial charge on any atom is -0.375 e. The van der Waals surface area contributed by atoms with Crippen molar-refractivity contribution in [2.24, 2.45) is 0 Å². The molecule has 110 valence electrons. The third-order valence-corrected chi connectivity index (χ3v) is 3.59. The van der Waals surface area contributed by atoms with Gasteiger partial charge in [-0.3, -0.25) is 14.9 Å². The summed E-state index contributed by atoms with van der Waals surface area (Å²) >= 11 is 1.28. The van der Waals surface area contributed by atoms with Gasteiger partial charge in [-0.05, 0) is 12.5 Å². The van der Waals surface area contributed by atoms with Gasteiger partial charge in [-0.15, -0.1) is 11.3 Å². The average Bonchev–Trinajstić information content (AvgIpc) is 2.83. The van der Waals surface area contributed by atoms with Crippen LogP contribution >= 0.6 is 11.3 Å². The highest BCUT2D eigenvalue weighted by Gasteiger charge is 2.14. The summed E-state index contributed by atoms with van der Waals surface area (Å²) in [6, 6.07) is 5.87. The fourth-order valence-corrected chi connectivity index (χ4v) is 2.41. The number of nitro benzene ring substituents is 1. The number of thiazole rings is 1. The number of hydrogen-bond acceptors (Lipinski definition) is 6. The Morgan fingerprint density at radius 3 is 2.95 bits per heavy atom. The summed E-state index contributed by atoms with van der Waals surface area (Å²) in [6.45, 7) is 1.77. The Balaban J connectivity index is 2.00. The number of nitrogens with zero attached hydrogens (tertiary/aromatic N) is 2. The molecular formula is C13H14N4O3S. The molecule has 8 heteroatoms. The zero-order valence-corrected chi connectivity index (χ0v) is 12.1. The minimum atomic E-state index is -0.462. The van der Waals surface area contributed by atoms with E-state index in [1.165, 1.54) is 23.5 Å². The van der Waals surface area contributed by atoms with Gasteiger partial charge in [0, 0.05) is 17.5 Å². The maximum atomic E-state index is 11.9. The topological polar surface area (TPSA) is 111 Å². The van der Waals surface area contributed by atoms with Crippen LogP contribution in [-0.4, -0.2) is 15.8 Å². The summed E-state index contributed by atoms with van der Waals surface area (Å²) in [5.74, 6) is -0.209. The molecule has 3 N–H and O–H groups in total. The van der Waals surface area contributed by atoms with E-state index in [0.717, 1.165) is 0 Å². The lowest BCUT2D eigenvalue weighted by Gasteiger charge is -2.13. The fraction of sp³-hybridized carbons (Fsp3) is 0.231. The van der Waals surface area contributed by atoms with Crippen LogP contribution in [0.25, 0.3) is 0 Å². The Labute approximate surface area is 125 Å². The van der Waals surface area contributed by atoms with E-state index in [0.29, 0.717) is 16.4 Å². The molecule has 1 heterocycles. The molecule has 2 rings (SSSR count). The third kappa shape index (κ3) is 3.99. The highest BCUT2D eigenvalue weighted by molar-refractivity contribution is 7.13. The van der Waals surface area contributed by atoms with E-state index in [1.54, 1.807) is 24.4 Å². The van der Waals surface area contributed by atoms with Crippen LogP contribution in [0.2, 0.25) is 0 Å². The molecular weight excluding hydrogens is 292 g/mol. The monoisotopic (exact) mass is 306 g/mol. The molecule has 0 aliphatic carbocycles. The normalized spacial score (nSPS) is 11.9. The summed E-state index contributed by atoms with van der Waals surface area (Å²) in [5, 5.41) is 15.7. The number of non-ortho nitro benzene ring substituents is 1. The zero-order valence-electron chi connectivity index (χ0n) is 11.3. The zero-order chi connectivity index (χ0) is 15.4. The second kappa shape index (κ2) is 6.31.